The van der Waals surface area contributed by atoms with Crippen LogP contribution in [0.2, 0.25) is 0 Å². The monoisotopic (exact) mass is 260 g/mol. The molecule has 100 valence electrons. The maximum absolute atomic E-state index is 12.9. The molecule has 2 aromatic rings. The molecule has 1 aromatic heterocycles. The van der Waals surface area contributed by atoms with Crippen molar-refractivity contribution in [2.45, 2.75) is 32.7 Å². The first-order valence-electron chi connectivity index (χ1n) is 6.49. The van der Waals surface area contributed by atoms with E-state index in [0.29, 0.717) is 11.3 Å². The van der Waals surface area contributed by atoms with Gasteiger partial charge in [0.05, 0.1) is 11.6 Å². The van der Waals surface area contributed by atoms with E-state index >= 15 is 0 Å². The number of hydrogen-bond donors (Lipinski definition) is 0. The summed E-state index contributed by atoms with van der Waals surface area (Å²) in [5.74, 6) is -0.296. The summed E-state index contributed by atoms with van der Waals surface area (Å²) in [5, 5.41) is 4.49. The summed E-state index contributed by atoms with van der Waals surface area (Å²) in [6.45, 7) is 4.18. The fourth-order valence-corrected chi connectivity index (χ4v) is 2.17. The van der Waals surface area contributed by atoms with Gasteiger partial charge in [-0.3, -0.25) is 9.48 Å². The zero-order valence-electron chi connectivity index (χ0n) is 11.1. The van der Waals surface area contributed by atoms with Crippen LogP contribution in [0.5, 0.6) is 0 Å². The van der Waals surface area contributed by atoms with Crippen LogP contribution in [0, 0.1) is 5.82 Å². The van der Waals surface area contributed by atoms with E-state index in [2.05, 4.69) is 18.9 Å². The Hall–Kier alpha value is -1.97. The van der Waals surface area contributed by atoms with Crippen molar-refractivity contribution < 1.29 is 9.18 Å². The van der Waals surface area contributed by atoms with Crippen LogP contribution >= 0.6 is 0 Å². The predicted molar refractivity (Wildman–Crippen MR) is 72.6 cm³/mol. The smallest absolute Gasteiger partial charge is 0.153 e. The SMILES string of the molecule is CCC(CC)n1cc(C=O)c(-c2ccc(F)cc2)n1. The van der Waals surface area contributed by atoms with Gasteiger partial charge < -0.3 is 0 Å². The molecular weight excluding hydrogens is 243 g/mol. The highest BCUT2D eigenvalue weighted by Crippen LogP contribution is 2.24. The number of rotatable bonds is 5. The molecule has 0 N–H and O–H groups in total. The number of aldehydes is 1. The first kappa shape index (κ1) is 13.5. The minimum atomic E-state index is -0.296. The van der Waals surface area contributed by atoms with Crippen molar-refractivity contribution in [1.29, 1.82) is 0 Å². The summed E-state index contributed by atoms with van der Waals surface area (Å²) in [6, 6.07) is 6.32. The molecule has 0 unspecified atom stereocenters. The van der Waals surface area contributed by atoms with Crippen molar-refractivity contribution in [3.05, 3.63) is 41.8 Å². The van der Waals surface area contributed by atoms with Gasteiger partial charge in [-0.25, -0.2) is 4.39 Å². The van der Waals surface area contributed by atoms with Gasteiger partial charge >= 0.3 is 0 Å². The van der Waals surface area contributed by atoms with E-state index in [1.54, 1.807) is 18.3 Å². The molecule has 0 amide bonds. The third-order valence-corrected chi connectivity index (χ3v) is 3.32. The van der Waals surface area contributed by atoms with Gasteiger partial charge in [0, 0.05) is 11.8 Å². The Kier molecular flexibility index (Phi) is 4.10. The predicted octanol–water partition coefficient (Wildman–Crippen LogP) is 3.86. The molecule has 3 nitrogen and oxygen atoms in total. The van der Waals surface area contributed by atoms with Gasteiger partial charge in [0.25, 0.3) is 0 Å². The molecular formula is C15H17FN2O. The van der Waals surface area contributed by atoms with E-state index < -0.39 is 0 Å². The first-order valence-corrected chi connectivity index (χ1v) is 6.49. The van der Waals surface area contributed by atoms with E-state index in [1.165, 1.54) is 12.1 Å². The molecule has 0 aliphatic carbocycles. The summed E-state index contributed by atoms with van der Waals surface area (Å²) in [6.07, 6.45) is 4.48. The Bertz CT molecular complexity index is 556. The lowest BCUT2D eigenvalue weighted by Gasteiger charge is -2.12. The Morgan fingerprint density at radius 1 is 1.26 bits per heavy atom. The van der Waals surface area contributed by atoms with Crippen molar-refractivity contribution in [2.24, 2.45) is 0 Å². The maximum atomic E-state index is 12.9. The van der Waals surface area contributed by atoms with Gasteiger partial charge in [0.1, 0.15) is 11.5 Å². The molecule has 0 fully saturated rings. The zero-order chi connectivity index (χ0) is 13.8. The van der Waals surface area contributed by atoms with Crippen LogP contribution in [-0.4, -0.2) is 16.1 Å². The molecule has 0 spiro atoms. The fraction of sp³-hybridized carbons (Fsp3) is 0.333. The van der Waals surface area contributed by atoms with Crippen LogP contribution < -0.4 is 0 Å². The maximum Gasteiger partial charge on any atom is 0.153 e. The van der Waals surface area contributed by atoms with Crippen LogP contribution in [0.4, 0.5) is 4.39 Å². The second-order valence-corrected chi connectivity index (χ2v) is 4.51. The Morgan fingerprint density at radius 2 is 1.89 bits per heavy atom. The number of carbonyl (C=O) groups is 1. The third-order valence-electron chi connectivity index (χ3n) is 3.32. The standard InChI is InChI=1S/C15H17FN2O/c1-3-14(4-2)18-9-12(10-19)15(17-18)11-5-7-13(16)8-6-11/h5-10,14H,3-4H2,1-2H3. The summed E-state index contributed by atoms with van der Waals surface area (Å²) in [4.78, 5) is 11.2. The molecule has 1 aromatic carbocycles. The molecule has 0 atom stereocenters. The fourth-order valence-electron chi connectivity index (χ4n) is 2.17. The molecule has 0 saturated carbocycles. The number of carbonyl (C=O) groups excluding carboxylic acids is 1. The second-order valence-electron chi connectivity index (χ2n) is 4.51. The molecule has 4 heteroatoms. The summed E-state index contributed by atoms with van der Waals surface area (Å²) < 4.78 is 14.8. The van der Waals surface area contributed by atoms with E-state index in [4.69, 9.17) is 0 Å². The van der Waals surface area contributed by atoms with Gasteiger partial charge in [0.2, 0.25) is 0 Å². The van der Waals surface area contributed by atoms with Crippen LogP contribution in [0.1, 0.15) is 43.1 Å². The van der Waals surface area contributed by atoms with Crippen molar-refractivity contribution in [3.63, 3.8) is 0 Å². The van der Waals surface area contributed by atoms with Crippen LogP contribution in [0.25, 0.3) is 11.3 Å². The molecule has 0 radical (unpaired) electrons. The largest absolute Gasteiger partial charge is 0.298 e. The normalized spacial score (nSPS) is 10.9. The van der Waals surface area contributed by atoms with Crippen LogP contribution in [-0.2, 0) is 0 Å². The van der Waals surface area contributed by atoms with Crippen LogP contribution in [0.3, 0.4) is 0 Å². The van der Waals surface area contributed by atoms with Crippen molar-refractivity contribution in [2.75, 3.05) is 0 Å². The molecule has 0 aliphatic heterocycles. The lowest BCUT2D eigenvalue weighted by molar-refractivity contribution is 0.112. The molecule has 0 bridgehead atoms. The quantitative estimate of drug-likeness (QED) is 0.765. The number of benzene rings is 1. The molecule has 1 heterocycles. The van der Waals surface area contributed by atoms with Gasteiger partial charge in [-0.2, -0.15) is 5.10 Å². The molecule has 19 heavy (non-hydrogen) atoms. The average molecular weight is 260 g/mol. The van der Waals surface area contributed by atoms with Crippen molar-refractivity contribution in [1.82, 2.24) is 9.78 Å². The van der Waals surface area contributed by atoms with Gasteiger partial charge in [-0.05, 0) is 37.1 Å². The first-order chi connectivity index (χ1) is 9.19. The lowest BCUT2D eigenvalue weighted by atomic mass is 10.1. The Morgan fingerprint density at radius 3 is 2.42 bits per heavy atom. The Balaban J connectivity index is 2.45. The van der Waals surface area contributed by atoms with Crippen LogP contribution in [0.15, 0.2) is 30.5 Å². The lowest BCUT2D eigenvalue weighted by Crippen LogP contribution is -2.07. The highest BCUT2D eigenvalue weighted by molar-refractivity contribution is 5.85. The summed E-state index contributed by atoms with van der Waals surface area (Å²) in [5.41, 5.74) is 1.91. The highest BCUT2D eigenvalue weighted by atomic mass is 19.1. The Labute approximate surface area is 112 Å². The van der Waals surface area contributed by atoms with Gasteiger partial charge in [-0.15, -0.1) is 0 Å². The minimum Gasteiger partial charge on any atom is -0.298 e. The van der Waals surface area contributed by atoms with E-state index in [1.807, 2.05) is 4.68 Å². The second kappa shape index (κ2) is 5.78. The molecule has 2 rings (SSSR count). The van der Waals surface area contributed by atoms with E-state index in [9.17, 15) is 9.18 Å². The summed E-state index contributed by atoms with van der Waals surface area (Å²) in [7, 11) is 0. The minimum absolute atomic E-state index is 0.285. The number of hydrogen-bond acceptors (Lipinski definition) is 2. The van der Waals surface area contributed by atoms with Gasteiger partial charge in [-0.1, -0.05) is 13.8 Å². The number of aromatic nitrogens is 2. The average Bonchev–Trinajstić information content (AvgIpc) is 2.85. The van der Waals surface area contributed by atoms with Crippen molar-refractivity contribution >= 4 is 6.29 Å². The molecule has 0 saturated heterocycles. The van der Waals surface area contributed by atoms with Crippen molar-refractivity contribution in [3.8, 4) is 11.3 Å². The van der Waals surface area contributed by atoms with E-state index in [-0.39, 0.29) is 11.9 Å². The highest BCUT2D eigenvalue weighted by Gasteiger charge is 2.14. The zero-order valence-corrected chi connectivity index (χ0v) is 11.1. The van der Waals surface area contributed by atoms with E-state index in [0.717, 1.165) is 24.7 Å². The van der Waals surface area contributed by atoms with Gasteiger partial charge in [0.15, 0.2) is 6.29 Å². The number of nitrogens with zero attached hydrogens (tertiary/aromatic N) is 2. The third kappa shape index (κ3) is 2.72. The molecule has 0 aliphatic rings. The number of halogens is 1. The topological polar surface area (TPSA) is 34.9 Å². The summed E-state index contributed by atoms with van der Waals surface area (Å²) >= 11 is 0.